The second kappa shape index (κ2) is 11.1. The molecule has 3 aromatic rings. The molecule has 4 aliphatic rings. The summed E-state index contributed by atoms with van der Waals surface area (Å²) in [7, 11) is 0. The van der Waals surface area contributed by atoms with Crippen molar-refractivity contribution in [3.8, 4) is 22.8 Å². The maximum absolute atomic E-state index is 14.5. The fourth-order valence-electron chi connectivity index (χ4n) is 7.69. The summed E-state index contributed by atoms with van der Waals surface area (Å²) in [5.41, 5.74) is 2.51. The van der Waals surface area contributed by atoms with E-state index in [0.29, 0.717) is 52.8 Å². The third kappa shape index (κ3) is 5.55. The Morgan fingerprint density at radius 3 is 2.67 bits per heavy atom. The van der Waals surface area contributed by atoms with Crippen molar-refractivity contribution in [2.24, 2.45) is 17.3 Å². The van der Waals surface area contributed by atoms with Crippen LogP contribution in [0.1, 0.15) is 64.5 Å². The first-order valence-corrected chi connectivity index (χ1v) is 15.5. The van der Waals surface area contributed by atoms with Crippen molar-refractivity contribution in [3.63, 3.8) is 0 Å². The number of benzene rings is 1. The minimum absolute atomic E-state index is 0.0637. The fraction of sp³-hybridized carbons (Fsp3) is 0.562. The summed E-state index contributed by atoms with van der Waals surface area (Å²) in [6, 6.07) is 5.35. The van der Waals surface area contributed by atoms with Gasteiger partial charge in [0.05, 0.1) is 5.69 Å². The first kappa shape index (κ1) is 28.1. The molecular weight excluding hydrogens is 547 g/mol. The molecule has 1 spiro atoms. The zero-order valence-electron chi connectivity index (χ0n) is 25.0. The number of aromatic nitrogens is 5. The van der Waals surface area contributed by atoms with Crippen molar-refractivity contribution in [1.29, 1.82) is 0 Å². The number of anilines is 1. The van der Waals surface area contributed by atoms with Crippen molar-refractivity contribution in [3.05, 3.63) is 48.6 Å². The molecule has 2 aliphatic carbocycles. The zero-order chi connectivity index (χ0) is 29.7. The average Bonchev–Trinajstić information content (AvgIpc) is 3.70. The van der Waals surface area contributed by atoms with Crippen LogP contribution in [-0.4, -0.2) is 74.2 Å². The summed E-state index contributed by atoms with van der Waals surface area (Å²) >= 11 is 0. The van der Waals surface area contributed by atoms with Crippen LogP contribution in [-0.2, 0) is 4.79 Å². The molecule has 2 saturated heterocycles. The van der Waals surface area contributed by atoms with E-state index in [4.69, 9.17) is 4.74 Å². The molecule has 1 N–H and O–H groups in total. The van der Waals surface area contributed by atoms with Gasteiger partial charge in [-0.1, -0.05) is 13.8 Å². The third-order valence-electron chi connectivity index (χ3n) is 9.70. The lowest BCUT2D eigenvalue weighted by Gasteiger charge is -2.57. The molecule has 1 aromatic carbocycles. The van der Waals surface area contributed by atoms with E-state index in [1.807, 2.05) is 0 Å². The minimum Gasteiger partial charge on any atom is -0.434 e. The first-order valence-electron chi connectivity index (χ1n) is 15.5. The van der Waals surface area contributed by atoms with E-state index in [0.717, 1.165) is 69.5 Å². The second-order valence-electron chi connectivity index (χ2n) is 13.4. The van der Waals surface area contributed by atoms with Crippen molar-refractivity contribution < 1.29 is 13.9 Å². The van der Waals surface area contributed by atoms with Crippen LogP contribution in [0.3, 0.4) is 0 Å². The monoisotopic (exact) mass is 586 g/mol. The lowest BCUT2D eigenvalue weighted by Crippen LogP contribution is -2.65. The van der Waals surface area contributed by atoms with Gasteiger partial charge in [0.15, 0.2) is 5.82 Å². The Labute approximate surface area is 251 Å². The highest BCUT2D eigenvalue weighted by Gasteiger charge is 2.53. The number of nitrogens with zero attached hydrogens (tertiary/aromatic N) is 7. The van der Waals surface area contributed by atoms with Crippen LogP contribution >= 0.6 is 0 Å². The molecule has 11 heteroatoms. The van der Waals surface area contributed by atoms with Gasteiger partial charge in [0.25, 0.3) is 5.88 Å². The number of nitrogens with one attached hydrogen (secondary N) is 1. The van der Waals surface area contributed by atoms with Gasteiger partial charge in [0.1, 0.15) is 24.2 Å². The Bertz CT molecular complexity index is 1500. The Balaban J connectivity index is 1.06. The van der Waals surface area contributed by atoms with Crippen LogP contribution in [0.2, 0.25) is 0 Å². The highest BCUT2D eigenvalue weighted by atomic mass is 19.1. The van der Waals surface area contributed by atoms with Gasteiger partial charge in [0, 0.05) is 73.8 Å². The molecule has 1 atom stereocenters. The summed E-state index contributed by atoms with van der Waals surface area (Å²) in [5, 5.41) is 11.4. The molecule has 0 bridgehead atoms. The van der Waals surface area contributed by atoms with Gasteiger partial charge in [-0.3, -0.25) is 9.69 Å². The lowest BCUT2D eigenvalue weighted by atomic mass is 9.68. The Hall–Kier alpha value is -3.73. The summed E-state index contributed by atoms with van der Waals surface area (Å²) < 4.78 is 20.9. The van der Waals surface area contributed by atoms with Gasteiger partial charge in [-0.05, 0) is 62.1 Å². The molecule has 7 rings (SSSR count). The van der Waals surface area contributed by atoms with Crippen LogP contribution in [0.5, 0.6) is 11.6 Å². The molecule has 1 unspecified atom stereocenters. The van der Waals surface area contributed by atoms with Crippen molar-refractivity contribution in [1.82, 2.24) is 35.4 Å². The maximum atomic E-state index is 14.5. The molecule has 43 heavy (non-hydrogen) atoms. The number of amides is 1. The SMILES string of the molecule is CC(=O)NC1CC(C(C(C)C)N2CC3(CCN(c4ncnnc4Oc4ccc(F)cc4-c4cncnc4C4CC4)C3)C2)C1. The number of rotatable bonds is 9. The molecule has 226 valence electrons. The molecule has 2 aromatic heterocycles. The second-order valence-corrected chi connectivity index (χ2v) is 13.4. The molecule has 0 radical (unpaired) electrons. The molecule has 2 saturated carbocycles. The van der Waals surface area contributed by atoms with Crippen molar-refractivity contribution in [2.75, 3.05) is 31.1 Å². The first-order chi connectivity index (χ1) is 20.8. The van der Waals surface area contributed by atoms with Crippen LogP contribution in [0.25, 0.3) is 11.1 Å². The smallest absolute Gasteiger partial charge is 0.282 e. The lowest BCUT2D eigenvalue weighted by molar-refractivity contribution is -0.121. The van der Waals surface area contributed by atoms with Crippen LogP contribution in [0.4, 0.5) is 10.2 Å². The van der Waals surface area contributed by atoms with Gasteiger partial charge in [-0.2, -0.15) is 0 Å². The van der Waals surface area contributed by atoms with Crippen LogP contribution in [0, 0.1) is 23.1 Å². The van der Waals surface area contributed by atoms with Crippen LogP contribution in [0.15, 0.2) is 37.1 Å². The van der Waals surface area contributed by atoms with Gasteiger partial charge >= 0.3 is 0 Å². The van der Waals surface area contributed by atoms with E-state index < -0.39 is 0 Å². The predicted octanol–water partition coefficient (Wildman–Crippen LogP) is 4.59. The molecule has 1 amide bonds. The molecule has 10 nitrogen and oxygen atoms in total. The molecular formula is C32H39FN8O2. The summed E-state index contributed by atoms with van der Waals surface area (Å²) in [4.78, 5) is 29.7. The number of likely N-dealkylation sites (tertiary alicyclic amines) is 1. The van der Waals surface area contributed by atoms with Gasteiger partial charge in [-0.15, -0.1) is 10.2 Å². The predicted molar refractivity (Wildman–Crippen MR) is 159 cm³/mol. The van der Waals surface area contributed by atoms with E-state index in [-0.39, 0.29) is 17.1 Å². The quantitative estimate of drug-likeness (QED) is 0.385. The van der Waals surface area contributed by atoms with Crippen LogP contribution < -0.4 is 15.0 Å². The highest BCUT2D eigenvalue weighted by molar-refractivity contribution is 5.74. The van der Waals surface area contributed by atoms with E-state index in [2.05, 4.69) is 54.1 Å². The maximum Gasteiger partial charge on any atom is 0.282 e. The minimum atomic E-state index is -0.353. The number of hydrogen-bond donors (Lipinski definition) is 1. The fourth-order valence-corrected chi connectivity index (χ4v) is 7.69. The third-order valence-corrected chi connectivity index (χ3v) is 9.70. The Morgan fingerprint density at radius 2 is 1.93 bits per heavy atom. The number of hydrogen-bond acceptors (Lipinski definition) is 9. The average molecular weight is 587 g/mol. The van der Waals surface area contributed by atoms with Gasteiger partial charge in [-0.25, -0.2) is 19.3 Å². The number of ether oxygens (including phenoxy) is 1. The topological polar surface area (TPSA) is 109 Å². The van der Waals surface area contributed by atoms with Crippen molar-refractivity contribution in [2.45, 2.75) is 70.9 Å². The summed E-state index contributed by atoms with van der Waals surface area (Å²) in [5.74, 6) is 2.70. The van der Waals surface area contributed by atoms with Gasteiger partial charge < -0.3 is 15.0 Å². The van der Waals surface area contributed by atoms with E-state index in [1.54, 1.807) is 25.5 Å². The van der Waals surface area contributed by atoms with Crippen molar-refractivity contribution >= 4 is 11.7 Å². The normalized spacial score (nSPS) is 23.6. The number of carbonyl (C=O) groups excluding carboxylic acids is 1. The van der Waals surface area contributed by atoms with Gasteiger partial charge in [0.2, 0.25) is 5.91 Å². The molecule has 4 fully saturated rings. The molecule has 4 heterocycles. The van der Waals surface area contributed by atoms with E-state index >= 15 is 0 Å². The summed E-state index contributed by atoms with van der Waals surface area (Å²) in [6.45, 7) is 10.1. The number of halogens is 1. The largest absolute Gasteiger partial charge is 0.434 e. The Kier molecular flexibility index (Phi) is 7.23. The summed E-state index contributed by atoms with van der Waals surface area (Å²) in [6.07, 6.45) is 10.1. The Morgan fingerprint density at radius 1 is 1.12 bits per heavy atom. The molecule has 2 aliphatic heterocycles. The number of carbonyl (C=O) groups is 1. The van der Waals surface area contributed by atoms with E-state index in [9.17, 15) is 9.18 Å². The van der Waals surface area contributed by atoms with E-state index in [1.165, 1.54) is 18.5 Å². The standard InChI is InChI=1S/C32H39FN8O2/c1-19(2)29(22-10-24(11-22)38-20(3)42)41-15-32(16-41)8-9-40(14-32)30-31(39-37-18-36-30)43-27-7-6-23(33)12-25(27)26-13-34-17-35-28(26)21-4-5-21/h6-7,12-13,17-19,21-22,24,29H,4-5,8-11,14-16H2,1-3H3,(H,38,42). The zero-order valence-corrected chi connectivity index (χ0v) is 25.0. The highest BCUT2D eigenvalue weighted by Crippen LogP contribution is 2.48.